The predicted molar refractivity (Wildman–Crippen MR) is 67.1 cm³/mol. The summed E-state index contributed by atoms with van der Waals surface area (Å²) in [6, 6.07) is 0.679. The molecule has 1 N–H and O–H groups in total. The van der Waals surface area contributed by atoms with Gasteiger partial charge in [0.15, 0.2) is 17.3 Å². The first-order chi connectivity index (χ1) is 9.84. The van der Waals surface area contributed by atoms with Gasteiger partial charge in [0, 0.05) is 13.1 Å². The Labute approximate surface area is 117 Å². The maximum atomic E-state index is 13.9. The van der Waals surface area contributed by atoms with Crippen LogP contribution in [-0.4, -0.2) is 42.3 Å². The number of benzene rings is 1. The van der Waals surface area contributed by atoms with E-state index in [-0.39, 0.29) is 13.2 Å². The number of hydrogen-bond acceptors (Lipinski definition) is 5. The number of carbonyl (C=O) groups is 1. The zero-order valence-electron chi connectivity index (χ0n) is 11.0. The summed E-state index contributed by atoms with van der Waals surface area (Å²) in [5.74, 6) is -4.77. The number of carboxylic acid groups (broad SMARTS) is 1. The van der Waals surface area contributed by atoms with Gasteiger partial charge >= 0.3 is 5.97 Å². The Kier molecular flexibility index (Phi) is 4.03. The minimum Gasteiger partial charge on any atom is -0.481 e. The Morgan fingerprint density at radius 3 is 2.71 bits per heavy atom. The molecule has 1 saturated heterocycles. The number of ether oxygens (including phenoxy) is 1. The van der Waals surface area contributed by atoms with Crippen LogP contribution in [0, 0.1) is 27.7 Å². The van der Waals surface area contributed by atoms with Gasteiger partial charge in [-0.25, -0.2) is 8.78 Å². The SMILES string of the molecule is CN(c1c([N+](=O)[O-])ccc(F)c1F)C1COCC1C(=O)O. The number of carboxylic acids is 1. The lowest BCUT2D eigenvalue weighted by atomic mass is 10.0. The molecule has 2 rings (SSSR count). The van der Waals surface area contributed by atoms with Crippen molar-refractivity contribution in [3.05, 3.63) is 33.9 Å². The van der Waals surface area contributed by atoms with E-state index in [1.54, 1.807) is 0 Å². The maximum Gasteiger partial charge on any atom is 0.311 e. The molecule has 0 aliphatic carbocycles. The molecular weight excluding hydrogens is 290 g/mol. The van der Waals surface area contributed by atoms with Crippen LogP contribution in [-0.2, 0) is 9.53 Å². The Bertz CT molecular complexity index is 595. The summed E-state index contributed by atoms with van der Waals surface area (Å²) in [7, 11) is 1.28. The molecule has 7 nitrogen and oxygen atoms in total. The van der Waals surface area contributed by atoms with Crippen LogP contribution in [0.25, 0.3) is 0 Å². The molecule has 9 heteroatoms. The van der Waals surface area contributed by atoms with E-state index in [0.717, 1.165) is 11.0 Å². The number of halogens is 2. The van der Waals surface area contributed by atoms with Gasteiger partial charge in [-0.3, -0.25) is 14.9 Å². The van der Waals surface area contributed by atoms with Crippen LogP contribution in [0.15, 0.2) is 12.1 Å². The first-order valence-corrected chi connectivity index (χ1v) is 6.00. The van der Waals surface area contributed by atoms with Gasteiger partial charge in [0.25, 0.3) is 5.69 Å². The minimum absolute atomic E-state index is 0.0411. The van der Waals surface area contributed by atoms with Crippen molar-refractivity contribution in [1.82, 2.24) is 0 Å². The Balaban J connectivity index is 2.47. The quantitative estimate of drug-likeness (QED) is 0.667. The van der Waals surface area contributed by atoms with E-state index in [4.69, 9.17) is 9.84 Å². The van der Waals surface area contributed by atoms with Crippen molar-refractivity contribution < 1.29 is 28.3 Å². The molecule has 2 atom stereocenters. The zero-order valence-corrected chi connectivity index (χ0v) is 11.0. The molecule has 0 bridgehead atoms. The molecule has 1 aliphatic rings. The van der Waals surface area contributed by atoms with Crippen molar-refractivity contribution in [3.8, 4) is 0 Å². The standard InChI is InChI=1S/C12H12F2N2O5/c1-15(9-5-21-4-6(9)12(17)18)11-8(16(19)20)3-2-7(13)10(11)14/h2-3,6,9H,4-5H2,1H3,(H,17,18). The molecule has 21 heavy (non-hydrogen) atoms. The number of rotatable bonds is 4. The normalized spacial score (nSPS) is 21.3. The van der Waals surface area contributed by atoms with Crippen molar-refractivity contribution in [2.75, 3.05) is 25.2 Å². The maximum absolute atomic E-state index is 13.9. The average Bonchev–Trinajstić information content (AvgIpc) is 2.90. The molecule has 1 aromatic carbocycles. The molecule has 0 radical (unpaired) electrons. The van der Waals surface area contributed by atoms with Crippen LogP contribution in [0.5, 0.6) is 0 Å². The third-order valence-corrected chi connectivity index (χ3v) is 3.46. The molecule has 114 valence electrons. The zero-order chi connectivity index (χ0) is 15.7. The molecule has 0 amide bonds. The summed E-state index contributed by atoms with van der Waals surface area (Å²) >= 11 is 0. The highest BCUT2D eigenvalue weighted by Crippen LogP contribution is 2.35. The third kappa shape index (κ3) is 2.64. The van der Waals surface area contributed by atoms with Gasteiger partial charge in [0.2, 0.25) is 0 Å². The van der Waals surface area contributed by atoms with Crippen molar-refractivity contribution in [2.45, 2.75) is 6.04 Å². The van der Waals surface area contributed by atoms with Crippen LogP contribution in [0.3, 0.4) is 0 Å². The second-order valence-corrected chi connectivity index (χ2v) is 4.65. The lowest BCUT2D eigenvalue weighted by Gasteiger charge is -2.28. The largest absolute Gasteiger partial charge is 0.481 e. The lowest BCUT2D eigenvalue weighted by Crippen LogP contribution is -2.41. The number of aliphatic carboxylic acids is 1. The molecule has 0 saturated carbocycles. The van der Waals surface area contributed by atoms with E-state index < -0.39 is 45.9 Å². The van der Waals surface area contributed by atoms with Crippen molar-refractivity contribution in [3.63, 3.8) is 0 Å². The van der Waals surface area contributed by atoms with Gasteiger partial charge in [-0.2, -0.15) is 0 Å². The lowest BCUT2D eigenvalue weighted by molar-refractivity contribution is -0.384. The highest BCUT2D eigenvalue weighted by atomic mass is 19.2. The Morgan fingerprint density at radius 2 is 2.14 bits per heavy atom. The molecule has 1 aromatic rings. The first-order valence-electron chi connectivity index (χ1n) is 6.00. The van der Waals surface area contributed by atoms with E-state index >= 15 is 0 Å². The fraction of sp³-hybridized carbons (Fsp3) is 0.417. The highest BCUT2D eigenvalue weighted by Gasteiger charge is 2.40. The summed E-state index contributed by atoms with van der Waals surface area (Å²) < 4.78 is 32.3. The van der Waals surface area contributed by atoms with Crippen LogP contribution in [0.2, 0.25) is 0 Å². The molecule has 2 unspecified atom stereocenters. The van der Waals surface area contributed by atoms with Gasteiger partial charge in [-0.15, -0.1) is 0 Å². The molecule has 1 heterocycles. The van der Waals surface area contributed by atoms with E-state index in [2.05, 4.69) is 0 Å². The van der Waals surface area contributed by atoms with Crippen LogP contribution >= 0.6 is 0 Å². The minimum atomic E-state index is -1.39. The van der Waals surface area contributed by atoms with Crippen LogP contribution in [0.1, 0.15) is 0 Å². The number of nitro benzene ring substituents is 1. The summed E-state index contributed by atoms with van der Waals surface area (Å²) in [5.41, 5.74) is -1.21. The fourth-order valence-electron chi connectivity index (χ4n) is 2.34. The summed E-state index contributed by atoms with van der Waals surface area (Å²) in [6.07, 6.45) is 0. The fourth-order valence-corrected chi connectivity index (χ4v) is 2.34. The third-order valence-electron chi connectivity index (χ3n) is 3.46. The number of nitrogens with zero attached hydrogens (tertiary/aromatic N) is 2. The molecular formula is C12H12F2N2O5. The first kappa shape index (κ1) is 15.1. The average molecular weight is 302 g/mol. The second kappa shape index (κ2) is 5.60. The van der Waals surface area contributed by atoms with Crippen LogP contribution in [0.4, 0.5) is 20.2 Å². The number of anilines is 1. The van der Waals surface area contributed by atoms with Crippen molar-refractivity contribution in [2.24, 2.45) is 5.92 Å². The van der Waals surface area contributed by atoms with Gasteiger partial charge in [-0.05, 0) is 6.07 Å². The molecule has 1 aliphatic heterocycles. The summed E-state index contributed by atoms with van der Waals surface area (Å²) in [4.78, 5) is 22.3. The predicted octanol–water partition coefficient (Wildman–Crippen LogP) is 1.41. The van der Waals surface area contributed by atoms with E-state index in [0.29, 0.717) is 6.07 Å². The summed E-state index contributed by atoms with van der Waals surface area (Å²) in [6.45, 7) is -0.129. The monoisotopic (exact) mass is 302 g/mol. The number of likely N-dealkylation sites (N-methyl/N-ethyl adjacent to an activating group) is 1. The van der Waals surface area contributed by atoms with Crippen LogP contribution < -0.4 is 4.90 Å². The van der Waals surface area contributed by atoms with Crippen molar-refractivity contribution >= 4 is 17.3 Å². The topological polar surface area (TPSA) is 92.9 Å². The Hall–Kier alpha value is -2.29. The van der Waals surface area contributed by atoms with Gasteiger partial charge < -0.3 is 14.7 Å². The number of nitro groups is 1. The van der Waals surface area contributed by atoms with E-state index in [1.807, 2.05) is 0 Å². The molecule has 0 aromatic heterocycles. The Morgan fingerprint density at radius 1 is 1.48 bits per heavy atom. The summed E-state index contributed by atoms with van der Waals surface area (Å²) in [5, 5.41) is 20.0. The molecule has 0 spiro atoms. The van der Waals surface area contributed by atoms with E-state index in [9.17, 15) is 23.7 Å². The van der Waals surface area contributed by atoms with Crippen molar-refractivity contribution in [1.29, 1.82) is 0 Å². The molecule has 1 fully saturated rings. The van der Waals surface area contributed by atoms with Gasteiger partial charge in [-0.1, -0.05) is 0 Å². The smallest absolute Gasteiger partial charge is 0.311 e. The van der Waals surface area contributed by atoms with Gasteiger partial charge in [0.05, 0.1) is 24.2 Å². The number of hydrogen-bond donors (Lipinski definition) is 1. The highest BCUT2D eigenvalue weighted by molar-refractivity contribution is 5.73. The van der Waals surface area contributed by atoms with Gasteiger partial charge in [0.1, 0.15) is 5.92 Å². The second-order valence-electron chi connectivity index (χ2n) is 4.65. The van der Waals surface area contributed by atoms with E-state index in [1.165, 1.54) is 7.05 Å².